The molecule has 0 aliphatic heterocycles. The molecule has 0 unspecified atom stereocenters. The van der Waals surface area contributed by atoms with Gasteiger partial charge in [-0.1, -0.05) is 0 Å². The maximum absolute atomic E-state index is 12.3. The fraction of sp³-hybridized carbons (Fsp3) is 0.846. The molecule has 0 aromatic carbocycles. The predicted molar refractivity (Wildman–Crippen MR) is 63.4 cm³/mol. The SMILES string of the molecule is CN(CCCC(=O)O)C(=O)C(C1CC1)C1CC1. The maximum Gasteiger partial charge on any atom is 0.303 e. The van der Waals surface area contributed by atoms with Crippen molar-refractivity contribution in [1.29, 1.82) is 0 Å². The van der Waals surface area contributed by atoms with E-state index in [0.29, 0.717) is 24.8 Å². The number of aliphatic carboxylic acids is 1. The van der Waals surface area contributed by atoms with Gasteiger partial charge in [-0.3, -0.25) is 9.59 Å². The van der Waals surface area contributed by atoms with Crippen molar-refractivity contribution in [3.8, 4) is 0 Å². The van der Waals surface area contributed by atoms with E-state index in [2.05, 4.69) is 0 Å². The van der Waals surface area contributed by atoms with Crippen LogP contribution < -0.4 is 0 Å². The second-order valence-electron chi connectivity index (χ2n) is 5.46. The summed E-state index contributed by atoms with van der Waals surface area (Å²) in [6.07, 6.45) is 5.52. The molecule has 0 spiro atoms. The molecule has 2 aliphatic rings. The molecule has 0 bridgehead atoms. The summed E-state index contributed by atoms with van der Waals surface area (Å²) in [5, 5.41) is 8.57. The van der Waals surface area contributed by atoms with Gasteiger partial charge in [-0.2, -0.15) is 0 Å². The minimum atomic E-state index is -0.785. The largest absolute Gasteiger partial charge is 0.481 e. The number of carboxylic acids is 1. The van der Waals surface area contributed by atoms with Crippen LogP contribution in [0.3, 0.4) is 0 Å². The van der Waals surface area contributed by atoms with Crippen LogP contribution in [0.5, 0.6) is 0 Å². The third-order valence-electron chi connectivity index (χ3n) is 3.81. The zero-order chi connectivity index (χ0) is 12.4. The lowest BCUT2D eigenvalue weighted by Gasteiger charge is -2.23. The number of hydrogen-bond donors (Lipinski definition) is 1. The molecule has 0 aromatic heterocycles. The van der Waals surface area contributed by atoms with Crippen LogP contribution in [0.2, 0.25) is 0 Å². The Bertz CT molecular complexity index is 296. The van der Waals surface area contributed by atoms with Gasteiger partial charge in [0.25, 0.3) is 0 Å². The van der Waals surface area contributed by atoms with Crippen LogP contribution in [-0.2, 0) is 9.59 Å². The molecular formula is C13H21NO3. The quantitative estimate of drug-likeness (QED) is 0.736. The van der Waals surface area contributed by atoms with E-state index in [-0.39, 0.29) is 18.2 Å². The highest BCUT2D eigenvalue weighted by Crippen LogP contribution is 2.49. The molecule has 17 heavy (non-hydrogen) atoms. The molecule has 2 rings (SSSR count). The summed E-state index contributed by atoms with van der Waals surface area (Å²) in [5.74, 6) is 0.950. The molecule has 96 valence electrons. The number of carbonyl (C=O) groups is 2. The van der Waals surface area contributed by atoms with E-state index in [1.165, 1.54) is 25.7 Å². The summed E-state index contributed by atoms with van der Waals surface area (Å²) in [6.45, 7) is 0.571. The zero-order valence-electron chi connectivity index (χ0n) is 10.4. The molecule has 0 saturated heterocycles. The highest BCUT2D eigenvalue weighted by Gasteiger charge is 2.46. The van der Waals surface area contributed by atoms with Crippen molar-refractivity contribution >= 4 is 11.9 Å². The van der Waals surface area contributed by atoms with Crippen LogP contribution in [0.1, 0.15) is 38.5 Å². The van der Waals surface area contributed by atoms with Gasteiger partial charge in [0, 0.05) is 25.9 Å². The molecule has 0 aromatic rings. The maximum atomic E-state index is 12.3. The fourth-order valence-electron chi connectivity index (χ4n) is 2.53. The summed E-state index contributed by atoms with van der Waals surface area (Å²) in [5.41, 5.74) is 0. The molecule has 1 N–H and O–H groups in total. The second-order valence-corrected chi connectivity index (χ2v) is 5.46. The van der Waals surface area contributed by atoms with Gasteiger partial charge >= 0.3 is 5.97 Å². The summed E-state index contributed by atoms with van der Waals surface area (Å²) in [7, 11) is 1.81. The molecule has 2 fully saturated rings. The van der Waals surface area contributed by atoms with Crippen molar-refractivity contribution in [3.05, 3.63) is 0 Å². The van der Waals surface area contributed by atoms with Gasteiger partial charge < -0.3 is 10.0 Å². The van der Waals surface area contributed by atoms with E-state index in [0.717, 1.165) is 0 Å². The van der Waals surface area contributed by atoms with Gasteiger partial charge in [-0.05, 0) is 43.9 Å². The van der Waals surface area contributed by atoms with E-state index < -0.39 is 5.97 Å². The Morgan fingerprint density at radius 2 is 1.76 bits per heavy atom. The molecule has 0 atom stereocenters. The van der Waals surface area contributed by atoms with E-state index in [9.17, 15) is 9.59 Å². The highest BCUT2D eigenvalue weighted by molar-refractivity contribution is 5.80. The monoisotopic (exact) mass is 239 g/mol. The second kappa shape index (κ2) is 5.07. The minimum absolute atomic E-state index is 0.148. The first-order chi connectivity index (χ1) is 8.09. The Labute approximate surface area is 102 Å². The lowest BCUT2D eigenvalue weighted by atomic mass is 9.96. The first kappa shape index (κ1) is 12.4. The van der Waals surface area contributed by atoms with E-state index >= 15 is 0 Å². The van der Waals surface area contributed by atoms with Crippen molar-refractivity contribution in [3.63, 3.8) is 0 Å². The Balaban J connectivity index is 1.78. The average Bonchev–Trinajstić information content (AvgIpc) is 3.11. The Morgan fingerprint density at radius 3 is 2.18 bits per heavy atom. The molecule has 4 heteroatoms. The van der Waals surface area contributed by atoms with Gasteiger partial charge in [0.2, 0.25) is 5.91 Å². The lowest BCUT2D eigenvalue weighted by Crippen LogP contribution is -2.35. The lowest BCUT2D eigenvalue weighted by molar-refractivity contribution is -0.139. The van der Waals surface area contributed by atoms with E-state index in [4.69, 9.17) is 5.11 Å². The molecular weight excluding hydrogens is 218 g/mol. The summed E-state index contributed by atoms with van der Waals surface area (Å²) >= 11 is 0. The fourth-order valence-corrected chi connectivity index (χ4v) is 2.53. The van der Waals surface area contributed by atoms with Crippen LogP contribution in [0.25, 0.3) is 0 Å². The molecule has 0 radical (unpaired) electrons. The Kier molecular flexibility index (Phi) is 3.69. The third-order valence-corrected chi connectivity index (χ3v) is 3.81. The van der Waals surface area contributed by atoms with Crippen molar-refractivity contribution in [1.82, 2.24) is 4.90 Å². The number of amides is 1. The molecule has 2 saturated carbocycles. The minimum Gasteiger partial charge on any atom is -0.481 e. The number of nitrogens with zero attached hydrogens (tertiary/aromatic N) is 1. The predicted octanol–water partition coefficient (Wildman–Crippen LogP) is 1.75. The van der Waals surface area contributed by atoms with Crippen LogP contribution in [-0.4, -0.2) is 35.5 Å². The van der Waals surface area contributed by atoms with Gasteiger partial charge in [0.05, 0.1) is 0 Å². The van der Waals surface area contributed by atoms with Crippen molar-refractivity contribution in [2.75, 3.05) is 13.6 Å². The number of carbonyl (C=O) groups excluding carboxylic acids is 1. The van der Waals surface area contributed by atoms with E-state index in [1.807, 2.05) is 7.05 Å². The third kappa shape index (κ3) is 3.45. The molecule has 1 amide bonds. The van der Waals surface area contributed by atoms with Crippen molar-refractivity contribution < 1.29 is 14.7 Å². The number of hydrogen-bond acceptors (Lipinski definition) is 2. The standard InChI is InChI=1S/C13H21NO3/c1-14(8-2-3-11(15)16)13(17)12(9-4-5-9)10-6-7-10/h9-10,12H,2-8H2,1H3,(H,15,16). The highest BCUT2D eigenvalue weighted by atomic mass is 16.4. The van der Waals surface area contributed by atoms with Gasteiger partial charge in [-0.25, -0.2) is 0 Å². The van der Waals surface area contributed by atoms with Crippen molar-refractivity contribution in [2.24, 2.45) is 17.8 Å². The summed E-state index contributed by atoms with van der Waals surface area (Å²) in [6, 6.07) is 0. The van der Waals surface area contributed by atoms with Crippen LogP contribution in [0.4, 0.5) is 0 Å². The first-order valence-corrected chi connectivity index (χ1v) is 6.56. The molecule has 0 heterocycles. The van der Waals surface area contributed by atoms with Crippen LogP contribution >= 0.6 is 0 Å². The Morgan fingerprint density at radius 1 is 1.24 bits per heavy atom. The average molecular weight is 239 g/mol. The smallest absolute Gasteiger partial charge is 0.303 e. The number of carboxylic acid groups (broad SMARTS) is 1. The zero-order valence-corrected chi connectivity index (χ0v) is 10.4. The topological polar surface area (TPSA) is 57.6 Å². The van der Waals surface area contributed by atoms with Crippen molar-refractivity contribution in [2.45, 2.75) is 38.5 Å². The Hall–Kier alpha value is -1.06. The van der Waals surface area contributed by atoms with Crippen LogP contribution in [0.15, 0.2) is 0 Å². The summed E-state index contributed by atoms with van der Waals surface area (Å²) < 4.78 is 0. The first-order valence-electron chi connectivity index (χ1n) is 6.56. The number of rotatable bonds is 7. The summed E-state index contributed by atoms with van der Waals surface area (Å²) in [4.78, 5) is 24.4. The normalized spacial score (nSPS) is 19.4. The van der Waals surface area contributed by atoms with Gasteiger partial charge in [0.15, 0.2) is 0 Å². The van der Waals surface area contributed by atoms with E-state index in [1.54, 1.807) is 4.90 Å². The van der Waals surface area contributed by atoms with Gasteiger partial charge in [0.1, 0.15) is 0 Å². The molecule has 2 aliphatic carbocycles. The van der Waals surface area contributed by atoms with Gasteiger partial charge in [-0.15, -0.1) is 0 Å². The van der Waals surface area contributed by atoms with Crippen LogP contribution in [0, 0.1) is 17.8 Å². The molecule has 4 nitrogen and oxygen atoms in total.